The second-order valence-electron chi connectivity index (χ2n) is 5.82. The Hall–Kier alpha value is -0.0100. The van der Waals surface area contributed by atoms with Gasteiger partial charge in [-0.2, -0.15) is 0 Å². The monoisotopic (exact) mass is 227 g/mol. The van der Waals surface area contributed by atoms with Crippen LogP contribution in [0.1, 0.15) is 38.5 Å². The Morgan fingerprint density at radius 1 is 0.933 bits per heavy atom. The summed E-state index contributed by atoms with van der Waals surface area (Å²) in [6, 6.07) is 0. The molecule has 0 amide bonds. The molecule has 0 aromatic carbocycles. The van der Waals surface area contributed by atoms with Gasteiger partial charge in [0, 0.05) is 13.1 Å². The molecule has 2 aliphatic carbocycles. The van der Waals surface area contributed by atoms with Crippen LogP contribution in [0.5, 0.6) is 0 Å². The summed E-state index contributed by atoms with van der Waals surface area (Å²) in [6.07, 6.45) is 13.5. The van der Waals surface area contributed by atoms with Gasteiger partial charge in [-0.25, -0.2) is 0 Å². The van der Waals surface area contributed by atoms with E-state index >= 15 is 0 Å². The van der Waals surface area contributed by atoms with Crippen LogP contribution in [-0.4, -0.2) is 25.0 Å². The predicted molar refractivity (Wildman–Crippen MR) is 66.5 cm³/mol. The first-order valence-electron chi connectivity index (χ1n) is 6.10. The summed E-state index contributed by atoms with van der Waals surface area (Å²) in [5, 5.41) is 0. The van der Waals surface area contributed by atoms with E-state index in [0.717, 1.165) is 0 Å². The van der Waals surface area contributed by atoms with Gasteiger partial charge in [-0.05, 0) is 43.6 Å². The largest absolute Gasteiger partial charge is 0.305 e. The second-order valence-corrected chi connectivity index (χ2v) is 5.82. The molecule has 2 fully saturated rings. The van der Waals surface area contributed by atoms with Crippen LogP contribution in [0.3, 0.4) is 0 Å². The zero-order chi connectivity index (χ0) is 9.65. The van der Waals surface area contributed by atoms with Gasteiger partial charge in [0.1, 0.15) is 0 Å². The lowest BCUT2D eigenvalue weighted by Crippen LogP contribution is -2.44. The Bertz CT molecular complexity index is 250. The maximum absolute atomic E-state index is 2.58. The highest BCUT2D eigenvalue weighted by Gasteiger charge is 2.56. The zero-order valence-corrected chi connectivity index (χ0v) is 10.5. The van der Waals surface area contributed by atoms with Crippen molar-refractivity contribution < 1.29 is 0 Å². The lowest BCUT2D eigenvalue weighted by atomic mass is 9.53. The molecular formula is C13H22ClN. The third kappa shape index (κ3) is 1.47. The molecule has 1 saturated carbocycles. The van der Waals surface area contributed by atoms with E-state index in [1.807, 2.05) is 0 Å². The fraction of sp³-hybridized carbons (Fsp3) is 0.846. The summed E-state index contributed by atoms with van der Waals surface area (Å²) in [6.45, 7) is 2.72. The molecule has 0 spiro atoms. The molecule has 0 bridgehead atoms. The van der Waals surface area contributed by atoms with E-state index in [0.29, 0.717) is 10.8 Å². The Kier molecular flexibility index (Phi) is 2.89. The van der Waals surface area contributed by atoms with E-state index in [-0.39, 0.29) is 12.4 Å². The summed E-state index contributed by atoms with van der Waals surface area (Å²) in [5.41, 5.74) is 1.35. The lowest BCUT2D eigenvalue weighted by molar-refractivity contribution is 0.0342. The standard InChI is InChI=1S/C13H21N.ClH/c1-14-10-12-6-2-3-7-13(12,11-14)9-5-4-8-12;/h2-3H,4-11H2,1H3;1H. The van der Waals surface area contributed by atoms with E-state index in [4.69, 9.17) is 0 Å². The van der Waals surface area contributed by atoms with Crippen molar-refractivity contribution in [2.75, 3.05) is 20.1 Å². The normalized spacial score (nSPS) is 44.3. The van der Waals surface area contributed by atoms with Crippen molar-refractivity contribution in [2.45, 2.75) is 38.5 Å². The van der Waals surface area contributed by atoms with E-state index in [2.05, 4.69) is 24.1 Å². The van der Waals surface area contributed by atoms with Gasteiger partial charge in [0.2, 0.25) is 0 Å². The maximum Gasteiger partial charge on any atom is 0.00441 e. The van der Waals surface area contributed by atoms with Crippen molar-refractivity contribution in [3.63, 3.8) is 0 Å². The van der Waals surface area contributed by atoms with Gasteiger partial charge < -0.3 is 4.90 Å². The molecule has 86 valence electrons. The van der Waals surface area contributed by atoms with Gasteiger partial charge in [-0.3, -0.25) is 0 Å². The summed E-state index contributed by atoms with van der Waals surface area (Å²) in [5.74, 6) is 0. The maximum atomic E-state index is 2.58. The van der Waals surface area contributed by atoms with Gasteiger partial charge >= 0.3 is 0 Å². The number of hydrogen-bond acceptors (Lipinski definition) is 1. The van der Waals surface area contributed by atoms with Crippen molar-refractivity contribution >= 4 is 12.4 Å². The van der Waals surface area contributed by atoms with E-state index < -0.39 is 0 Å². The van der Waals surface area contributed by atoms with Crippen LogP contribution in [0.25, 0.3) is 0 Å². The third-order valence-corrected chi connectivity index (χ3v) is 5.01. The van der Waals surface area contributed by atoms with E-state index in [1.54, 1.807) is 0 Å². The zero-order valence-electron chi connectivity index (χ0n) is 9.67. The molecule has 3 rings (SSSR count). The Morgan fingerprint density at radius 2 is 1.40 bits per heavy atom. The lowest BCUT2D eigenvalue weighted by Gasteiger charge is -2.50. The first-order chi connectivity index (χ1) is 6.77. The minimum Gasteiger partial charge on any atom is -0.305 e. The van der Waals surface area contributed by atoms with Crippen molar-refractivity contribution in [2.24, 2.45) is 10.8 Å². The molecule has 0 aromatic heterocycles. The number of nitrogens with zero attached hydrogens (tertiary/aromatic N) is 1. The molecule has 2 atom stereocenters. The minimum atomic E-state index is 0. The molecule has 1 nitrogen and oxygen atoms in total. The van der Waals surface area contributed by atoms with Crippen molar-refractivity contribution in [1.29, 1.82) is 0 Å². The van der Waals surface area contributed by atoms with Gasteiger partial charge in [-0.1, -0.05) is 25.0 Å². The highest BCUT2D eigenvalue weighted by molar-refractivity contribution is 5.85. The Balaban J connectivity index is 0.000000853. The molecule has 1 heterocycles. The van der Waals surface area contributed by atoms with Crippen LogP contribution >= 0.6 is 12.4 Å². The van der Waals surface area contributed by atoms with Crippen LogP contribution < -0.4 is 0 Å². The molecule has 1 aliphatic heterocycles. The van der Waals surface area contributed by atoms with Crippen LogP contribution in [0.4, 0.5) is 0 Å². The van der Waals surface area contributed by atoms with Crippen LogP contribution in [0, 0.1) is 10.8 Å². The summed E-state index contributed by atoms with van der Waals surface area (Å²) in [7, 11) is 2.31. The molecule has 0 N–H and O–H groups in total. The molecule has 2 unspecified atom stereocenters. The number of hydrogen-bond donors (Lipinski definition) is 0. The smallest absolute Gasteiger partial charge is 0.00441 e. The quantitative estimate of drug-likeness (QED) is 0.575. The highest BCUT2D eigenvalue weighted by Crippen LogP contribution is 2.60. The fourth-order valence-electron chi connectivity index (χ4n) is 4.42. The highest BCUT2D eigenvalue weighted by atomic mass is 35.5. The van der Waals surface area contributed by atoms with Crippen LogP contribution in [-0.2, 0) is 0 Å². The van der Waals surface area contributed by atoms with Crippen molar-refractivity contribution in [3.05, 3.63) is 12.2 Å². The molecule has 3 aliphatic rings. The average molecular weight is 228 g/mol. The number of rotatable bonds is 0. The van der Waals surface area contributed by atoms with Gasteiger partial charge in [0.25, 0.3) is 0 Å². The molecule has 1 saturated heterocycles. The molecule has 0 aromatic rings. The minimum absolute atomic E-state index is 0. The van der Waals surface area contributed by atoms with Crippen molar-refractivity contribution in [1.82, 2.24) is 4.90 Å². The second kappa shape index (κ2) is 3.78. The van der Waals surface area contributed by atoms with Crippen molar-refractivity contribution in [3.8, 4) is 0 Å². The number of likely N-dealkylation sites (tertiary alicyclic amines) is 1. The average Bonchev–Trinajstić information content (AvgIpc) is 2.48. The fourth-order valence-corrected chi connectivity index (χ4v) is 4.42. The molecule has 15 heavy (non-hydrogen) atoms. The van der Waals surface area contributed by atoms with Gasteiger partial charge in [-0.15, -0.1) is 12.4 Å². The number of halogens is 1. The Labute approximate surface area is 99.3 Å². The SMILES string of the molecule is CN1CC23CC=CCC2(CCCC3)C1.Cl. The molecule has 2 heteroatoms. The summed E-state index contributed by atoms with van der Waals surface area (Å²) < 4.78 is 0. The number of allylic oxidation sites excluding steroid dienone is 2. The van der Waals surface area contributed by atoms with Gasteiger partial charge in [0.15, 0.2) is 0 Å². The van der Waals surface area contributed by atoms with Crippen LogP contribution in [0.2, 0.25) is 0 Å². The van der Waals surface area contributed by atoms with Crippen LogP contribution in [0.15, 0.2) is 12.2 Å². The first kappa shape index (κ1) is 11.5. The summed E-state index contributed by atoms with van der Waals surface area (Å²) >= 11 is 0. The summed E-state index contributed by atoms with van der Waals surface area (Å²) in [4.78, 5) is 2.58. The molecular weight excluding hydrogens is 206 g/mol. The molecule has 0 radical (unpaired) electrons. The van der Waals surface area contributed by atoms with Gasteiger partial charge in [0.05, 0.1) is 0 Å². The topological polar surface area (TPSA) is 3.24 Å². The Morgan fingerprint density at radius 3 is 1.87 bits per heavy atom. The predicted octanol–water partition coefficient (Wildman–Crippen LogP) is 3.25. The van der Waals surface area contributed by atoms with E-state index in [1.165, 1.54) is 51.6 Å². The third-order valence-electron chi connectivity index (χ3n) is 5.01. The van der Waals surface area contributed by atoms with E-state index in [9.17, 15) is 0 Å². The first-order valence-corrected chi connectivity index (χ1v) is 6.10.